The number of amides is 1. The number of pyridine rings is 1. The van der Waals surface area contributed by atoms with Crippen LogP contribution < -0.4 is 10.2 Å². The summed E-state index contributed by atoms with van der Waals surface area (Å²) in [6, 6.07) is 9.61. The van der Waals surface area contributed by atoms with E-state index in [1.807, 2.05) is 69.1 Å². The first-order valence-corrected chi connectivity index (χ1v) is 15.0. The quantitative estimate of drug-likeness (QED) is 0.423. The monoisotopic (exact) mass is 569 g/mol. The Balaban J connectivity index is 0.00000106. The maximum Gasteiger partial charge on any atom is 0.225 e. The largest absolute Gasteiger partial charge is 0.395 e. The van der Waals surface area contributed by atoms with Crippen LogP contribution in [0.4, 0.5) is 11.8 Å². The number of β-amino-alcohol motifs (C(OH)–C–C–N with tert-alkyl or cyclic N) is 1. The molecule has 0 radical (unpaired) electrons. The van der Waals surface area contributed by atoms with Crippen molar-refractivity contribution in [1.82, 2.24) is 24.8 Å². The van der Waals surface area contributed by atoms with Crippen LogP contribution in [0.1, 0.15) is 46.1 Å². The average Bonchev–Trinajstić information content (AvgIpc) is 3.02. The molecular weight excluding hydrogens is 526 g/mol. The minimum absolute atomic E-state index is 0.0532. The van der Waals surface area contributed by atoms with Crippen molar-refractivity contribution >= 4 is 40.2 Å². The fourth-order valence-electron chi connectivity index (χ4n) is 5.03. The molecule has 2 aromatic heterocycles. The van der Waals surface area contributed by atoms with Gasteiger partial charge in [0.05, 0.1) is 17.5 Å². The summed E-state index contributed by atoms with van der Waals surface area (Å²) in [5.74, 6) is 1.73. The van der Waals surface area contributed by atoms with Crippen LogP contribution in [-0.2, 0) is 11.3 Å². The summed E-state index contributed by atoms with van der Waals surface area (Å²) in [6.07, 6.45) is 5.23. The van der Waals surface area contributed by atoms with E-state index in [1.54, 1.807) is 6.20 Å². The van der Waals surface area contributed by atoms with Crippen LogP contribution in [-0.4, -0.2) is 88.2 Å². The van der Waals surface area contributed by atoms with Crippen LogP contribution >= 0.6 is 11.6 Å². The van der Waals surface area contributed by atoms with Crippen LogP contribution in [0.15, 0.2) is 42.7 Å². The zero-order chi connectivity index (χ0) is 28.9. The molecule has 0 saturated carbocycles. The first-order valence-electron chi connectivity index (χ1n) is 14.6. The Morgan fingerprint density at radius 3 is 2.38 bits per heavy atom. The second-order valence-electron chi connectivity index (χ2n) is 9.36. The fourth-order valence-corrected chi connectivity index (χ4v) is 5.23. The van der Waals surface area contributed by atoms with Gasteiger partial charge in [0.2, 0.25) is 11.9 Å². The third kappa shape index (κ3) is 8.02. The Morgan fingerprint density at radius 2 is 1.70 bits per heavy atom. The van der Waals surface area contributed by atoms with Crippen LogP contribution in [0.25, 0.3) is 10.9 Å². The number of carbonyl (C=O) groups excluding carboxylic acids is 1. The molecule has 2 aliphatic rings. The molecule has 2 saturated heterocycles. The van der Waals surface area contributed by atoms with E-state index in [4.69, 9.17) is 16.7 Å². The summed E-state index contributed by atoms with van der Waals surface area (Å²) < 4.78 is 0. The number of anilines is 2. The van der Waals surface area contributed by atoms with Gasteiger partial charge < -0.3 is 20.2 Å². The molecule has 2 aliphatic heterocycles. The fraction of sp³-hybridized carbons (Fsp3) is 0.533. The van der Waals surface area contributed by atoms with Crippen molar-refractivity contribution in [3.05, 3.63) is 53.3 Å². The van der Waals surface area contributed by atoms with Gasteiger partial charge in [0.15, 0.2) is 0 Å². The van der Waals surface area contributed by atoms with Crippen molar-refractivity contribution in [3.8, 4) is 0 Å². The van der Waals surface area contributed by atoms with E-state index in [9.17, 15) is 4.79 Å². The highest BCUT2D eigenvalue weighted by atomic mass is 35.5. The summed E-state index contributed by atoms with van der Waals surface area (Å²) in [5, 5.41) is 14.0. The predicted molar refractivity (Wildman–Crippen MR) is 164 cm³/mol. The topological polar surface area (TPSA) is 97.7 Å². The number of aliphatic hydroxyl groups excluding tert-OH is 1. The molecule has 0 bridgehead atoms. The van der Waals surface area contributed by atoms with Crippen molar-refractivity contribution in [2.24, 2.45) is 5.92 Å². The van der Waals surface area contributed by atoms with Gasteiger partial charge in [-0.3, -0.25) is 9.69 Å². The number of nitrogens with zero attached hydrogens (tertiary/aromatic N) is 6. The number of rotatable bonds is 7. The Morgan fingerprint density at radius 1 is 1.00 bits per heavy atom. The van der Waals surface area contributed by atoms with E-state index in [-0.39, 0.29) is 18.4 Å². The summed E-state index contributed by atoms with van der Waals surface area (Å²) in [7, 11) is 0. The molecule has 2 fully saturated rings. The normalized spacial score (nSPS) is 16.1. The third-order valence-electron chi connectivity index (χ3n) is 7.13. The number of hydrogen-bond acceptors (Lipinski definition) is 8. The van der Waals surface area contributed by atoms with E-state index in [2.05, 4.69) is 30.1 Å². The minimum Gasteiger partial charge on any atom is -0.395 e. The number of carbonyl (C=O) groups is 1. The first-order chi connectivity index (χ1) is 19.6. The Labute approximate surface area is 243 Å². The lowest BCUT2D eigenvalue weighted by Crippen LogP contribution is -2.52. The van der Waals surface area contributed by atoms with E-state index >= 15 is 0 Å². The van der Waals surface area contributed by atoms with Gasteiger partial charge in [-0.1, -0.05) is 57.5 Å². The SMILES string of the molecule is CC.CC.O=C(C1CCN(c2nccc3nc(NCc4ccccc4Cl)ncc23)CC1)N1CCN(CCO)CC1. The van der Waals surface area contributed by atoms with Crippen molar-refractivity contribution in [2.75, 3.05) is 62.6 Å². The van der Waals surface area contributed by atoms with Gasteiger partial charge >= 0.3 is 0 Å². The molecule has 5 rings (SSSR count). The molecule has 0 unspecified atom stereocenters. The van der Waals surface area contributed by atoms with Crippen LogP contribution in [0.5, 0.6) is 0 Å². The zero-order valence-corrected chi connectivity index (χ0v) is 25.1. The highest BCUT2D eigenvalue weighted by Gasteiger charge is 2.31. The van der Waals surface area contributed by atoms with Gasteiger partial charge in [0.1, 0.15) is 5.82 Å². The van der Waals surface area contributed by atoms with Crippen LogP contribution in [0.3, 0.4) is 0 Å². The first kappa shape index (κ1) is 31.5. The molecular formula is C30H44ClN7O2. The third-order valence-corrected chi connectivity index (χ3v) is 7.50. The summed E-state index contributed by atoms with van der Waals surface area (Å²) in [5.41, 5.74) is 1.82. The molecule has 1 amide bonds. The molecule has 10 heteroatoms. The molecule has 3 aromatic rings. The van der Waals surface area contributed by atoms with Gasteiger partial charge in [-0.05, 0) is 30.5 Å². The number of benzene rings is 1. The summed E-state index contributed by atoms with van der Waals surface area (Å²) in [6.45, 7) is 14.1. The van der Waals surface area contributed by atoms with Crippen molar-refractivity contribution < 1.29 is 9.90 Å². The maximum absolute atomic E-state index is 13.1. The highest BCUT2D eigenvalue weighted by molar-refractivity contribution is 6.31. The van der Waals surface area contributed by atoms with Crippen molar-refractivity contribution in [2.45, 2.75) is 47.1 Å². The van der Waals surface area contributed by atoms with Crippen LogP contribution in [0.2, 0.25) is 5.02 Å². The van der Waals surface area contributed by atoms with E-state index < -0.39 is 0 Å². The molecule has 1 aromatic carbocycles. The average molecular weight is 570 g/mol. The summed E-state index contributed by atoms with van der Waals surface area (Å²) >= 11 is 6.25. The molecule has 2 N–H and O–H groups in total. The molecule has 4 heterocycles. The Hall–Kier alpha value is -3.01. The Kier molecular flexibility index (Phi) is 12.8. The summed E-state index contributed by atoms with van der Waals surface area (Å²) in [4.78, 5) is 33.4. The van der Waals surface area contributed by atoms with Gasteiger partial charge in [0.25, 0.3) is 0 Å². The molecule has 218 valence electrons. The lowest BCUT2D eigenvalue weighted by molar-refractivity contribution is -0.138. The number of fused-ring (bicyclic) bond motifs is 1. The van der Waals surface area contributed by atoms with E-state index in [0.29, 0.717) is 24.1 Å². The van der Waals surface area contributed by atoms with Gasteiger partial charge in [-0.15, -0.1) is 0 Å². The lowest BCUT2D eigenvalue weighted by Gasteiger charge is -2.38. The minimum atomic E-state index is 0.0532. The standard InChI is InChI=1S/C26H32ClN7O2.2C2H6/c27-22-4-2-1-3-20(22)17-29-26-30-18-21-23(31-26)5-8-28-24(21)33-9-6-19(7-10-33)25(36)34-13-11-32(12-14-34)15-16-35;2*1-2/h1-5,8,18-19,35H,6-7,9-17H2,(H,29,30,31);2*1-2H3. The second-order valence-corrected chi connectivity index (χ2v) is 9.76. The number of piperidine rings is 1. The maximum atomic E-state index is 13.1. The molecule has 0 spiro atoms. The van der Waals surface area contributed by atoms with Gasteiger partial charge in [-0.25, -0.2) is 15.0 Å². The zero-order valence-electron chi connectivity index (χ0n) is 24.3. The second kappa shape index (κ2) is 16.3. The molecule has 0 atom stereocenters. The Bertz CT molecular complexity index is 1200. The number of aromatic nitrogens is 3. The van der Waals surface area contributed by atoms with E-state index in [0.717, 1.165) is 74.4 Å². The molecule has 40 heavy (non-hydrogen) atoms. The smallest absolute Gasteiger partial charge is 0.225 e. The molecule has 0 aliphatic carbocycles. The van der Waals surface area contributed by atoms with E-state index in [1.165, 1.54) is 0 Å². The number of halogens is 1. The van der Waals surface area contributed by atoms with Gasteiger partial charge in [0, 0.05) is 75.7 Å². The number of hydrogen-bond donors (Lipinski definition) is 2. The number of piperazine rings is 1. The van der Waals surface area contributed by atoms with Crippen molar-refractivity contribution in [3.63, 3.8) is 0 Å². The number of aliphatic hydroxyl groups is 1. The lowest BCUT2D eigenvalue weighted by atomic mass is 9.94. The molecule has 9 nitrogen and oxygen atoms in total. The van der Waals surface area contributed by atoms with Crippen molar-refractivity contribution in [1.29, 1.82) is 0 Å². The van der Waals surface area contributed by atoms with Crippen LogP contribution in [0, 0.1) is 5.92 Å². The van der Waals surface area contributed by atoms with Gasteiger partial charge in [-0.2, -0.15) is 0 Å². The predicted octanol–water partition coefficient (Wildman–Crippen LogP) is 4.70. The highest BCUT2D eigenvalue weighted by Crippen LogP contribution is 2.29. The number of nitrogens with one attached hydrogen (secondary N) is 1.